The van der Waals surface area contributed by atoms with Crippen LogP contribution in [0.5, 0.6) is 11.6 Å². The Kier molecular flexibility index (Phi) is 2.90. The molecule has 2 aromatic heterocycles. The van der Waals surface area contributed by atoms with Crippen molar-refractivity contribution >= 4 is 11.6 Å². The monoisotopic (exact) mass is 286 g/mol. The van der Waals surface area contributed by atoms with Crippen molar-refractivity contribution in [2.24, 2.45) is 0 Å². The summed E-state index contributed by atoms with van der Waals surface area (Å²) in [5.41, 5.74) is 0.665. The standard InChI is InChI=1S/C13H10N4O4/c1-7-2-3-9(8(6-7)12(18)19)21-11-5-4-10-14-15-13(20)17(10)16-11/h2-6H,1H3,(H,15,20)(H,18,19). The van der Waals surface area contributed by atoms with Crippen molar-refractivity contribution in [2.75, 3.05) is 0 Å². The highest BCUT2D eigenvalue weighted by molar-refractivity contribution is 5.91. The number of aromatic amines is 1. The second-order valence-corrected chi connectivity index (χ2v) is 4.38. The molecule has 0 aliphatic heterocycles. The van der Waals surface area contributed by atoms with Gasteiger partial charge in [-0.1, -0.05) is 11.6 Å². The zero-order valence-electron chi connectivity index (χ0n) is 10.9. The summed E-state index contributed by atoms with van der Waals surface area (Å²) in [5.74, 6) is -0.857. The number of carboxylic acids is 1. The molecule has 2 heterocycles. The molecule has 3 rings (SSSR count). The van der Waals surface area contributed by atoms with Crippen molar-refractivity contribution in [3.63, 3.8) is 0 Å². The van der Waals surface area contributed by atoms with Gasteiger partial charge in [0.15, 0.2) is 5.65 Å². The number of aryl methyl sites for hydroxylation is 1. The van der Waals surface area contributed by atoms with Crippen molar-refractivity contribution in [1.82, 2.24) is 19.8 Å². The van der Waals surface area contributed by atoms with E-state index in [1.807, 2.05) is 0 Å². The van der Waals surface area contributed by atoms with Gasteiger partial charge in [-0.15, -0.1) is 5.10 Å². The number of H-pyrrole nitrogens is 1. The molecule has 3 aromatic rings. The van der Waals surface area contributed by atoms with Gasteiger partial charge in [0.1, 0.15) is 11.3 Å². The fourth-order valence-corrected chi connectivity index (χ4v) is 1.85. The highest BCUT2D eigenvalue weighted by Crippen LogP contribution is 2.25. The normalized spacial score (nSPS) is 10.7. The van der Waals surface area contributed by atoms with Crippen LogP contribution in [0.25, 0.3) is 5.65 Å². The first-order valence-corrected chi connectivity index (χ1v) is 6.01. The van der Waals surface area contributed by atoms with E-state index in [-0.39, 0.29) is 17.2 Å². The molecule has 106 valence electrons. The molecular formula is C13H10N4O4. The Bertz CT molecular complexity index is 897. The van der Waals surface area contributed by atoms with E-state index in [2.05, 4.69) is 15.3 Å². The number of ether oxygens (including phenoxy) is 1. The third-order valence-corrected chi connectivity index (χ3v) is 2.83. The lowest BCUT2D eigenvalue weighted by Crippen LogP contribution is -2.12. The van der Waals surface area contributed by atoms with Crippen molar-refractivity contribution in [3.05, 3.63) is 51.9 Å². The lowest BCUT2D eigenvalue weighted by Gasteiger charge is -2.08. The first kappa shape index (κ1) is 12.9. The summed E-state index contributed by atoms with van der Waals surface area (Å²) >= 11 is 0. The van der Waals surface area contributed by atoms with Crippen LogP contribution in [0.1, 0.15) is 15.9 Å². The van der Waals surface area contributed by atoms with Gasteiger partial charge in [0, 0.05) is 6.07 Å². The SMILES string of the molecule is Cc1ccc(Oc2ccc3n[nH]c(=O)n3n2)c(C(=O)O)c1. The van der Waals surface area contributed by atoms with E-state index in [1.54, 1.807) is 19.1 Å². The maximum absolute atomic E-state index is 11.4. The van der Waals surface area contributed by atoms with Crippen LogP contribution in [0, 0.1) is 6.92 Å². The smallest absolute Gasteiger partial charge is 0.364 e. The fraction of sp³-hybridized carbons (Fsp3) is 0.0769. The van der Waals surface area contributed by atoms with Crippen LogP contribution >= 0.6 is 0 Å². The molecular weight excluding hydrogens is 276 g/mol. The minimum absolute atomic E-state index is 0.0245. The molecule has 0 saturated carbocycles. The van der Waals surface area contributed by atoms with Gasteiger partial charge in [0.05, 0.1) is 0 Å². The molecule has 0 fully saturated rings. The average molecular weight is 286 g/mol. The molecule has 0 spiro atoms. The van der Waals surface area contributed by atoms with Crippen molar-refractivity contribution in [1.29, 1.82) is 0 Å². The number of hydrogen-bond donors (Lipinski definition) is 2. The highest BCUT2D eigenvalue weighted by atomic mass is 16.5. The zero-order valence-corrected chi connectivity index (χ0v) is 10.9. The van der Waals surface area contributed by atoms with E-state index in [4.69, 9.17) is 4.74 Å². The molecule has 0 aliphatic rings. The molecule has 0 radical (unpaired) electrons. The van der Waals surface area contributed by atoms with Crippen LogP contribution in [0.3, 0.4) is 0 Å². The van der Waals surface area contributed by atoms with E-state index >= 15 is 0 Å². The maximum atomic E-state index is 11.4. The summed E-state index contributed by atoms with van der Waals surface area (Å²) in [7, 11) is 0. The lowest BCUT2D eigenvalue weighted by atomic mass is 10.1. The first-order chi connectivity index (χ1) is 10.0. The molecule has 8 nitrogen and oxygen atoms in total. The second-order valence-electron chi connectivity index (χ2n) is 4.38. The highest BCUT2D eigenvalue weighted by Gasteiger charge is 2.13. The van der Waals surface area contributed by atoms with Crippen LogP contribution in [-0.2, 0) is 0 Å². The summed E-state index contributed by atoms with van der Waals surface area (Å²) in [6, 6.07) is 7.81. The van der Waals surface area contributed by atoms with Crippen molar-refractivity contribution < 1.29 is 14.6 Å². The Balaban J connectivity index is 2.04. The fourth-order valence-electron chi connectivity index (χ4n) is 1.85. The van der Waals surface area contributed by atoms with Crippen LogP contribution in [0.15, 0.2) is 35.1 Å². The molecule has 0 amide bonds. The largest absolute Gasteiger partial charge is 0.478 e. The van der Waals surface area contributed by atoms with Crippen LogP contribution < -0.4 is 10.4 Å². The quantitative estimate of drug-likeness (QED) is 0.749. The van der Waals surface area contributed by atoms with E-state index in [9.17, 15) is 14.7 Å². The van der Waals surface area contributed by atoms with E-state index in [0.29, 0.717) is 5.65 Å². The summed E-state index contributed by atoms with van der Waals surface area (Å²) in [4.78, 5) is 22.7. The third kappa shape index (κ3) is 2.34. The first-order valence-electron chi connectivity index (χ1n) is 6.01. The molecule has 21 heavy (non-hydrogen) atoms. The zero-order chi connectivity index (χ0) is 15.0. The molecule has 0 bridgehead atoms. The van der Waals surface area contributed by atoms with Crippen molar-refractivity contribution in [2.45, 2.75) is 6.92 Å². The molecule has 0 atom stereocenters. The number of aromatic carboxylic acids is 1. The number of nitrogens with zero attached hydrogens (tertiary/aromatic N) is 3. The molecule has 1 aromatic carbocycles. The van der Waals surface area contributed by atoms with Gasteiger partial charge in [-0.2, -0.15) is 9.61 Å². The minimum Gasteiger partial charge on any atom is -0.478 e. The van der Waals surface area contributed by atoms with Gasteiger partial charge in [-0.25, -0.2) is 14.7 Å². The number of benzene rings is 1. The topological polar surface area (TPSA) is 110 Å². The Morgan fingerprint density at radius 3 is 2.90 bits per heavy atom. The number of nitrogens with one attached hydrogen (secondary N) is 1. The summed E-state index contributed by atoms with van der Waals surface area (Å²) in [6.45, 7) is 1.78. The van der Waals surface area contributed by atoms with Gasteiger partial charge < -0.3 is 9.84 Å². The van der Waals surface area contributed by atoms with E-state index < -0.39 is 11.7 Å². The van der Waals surface area contributed by atoms with Crippen LogP contribution in [0.4, 0.5) is 0 Å². The average Bonchev–Trinajstić information content (AvgIpc) is 2.82. The minimum atomic E-state index is -1.10. The molecule has 0 unspecified atom stereocenters. The van der Waals surface area contributed by atoms with Gasteiger partial charge in [-0.05, 0) is 25.1 Å². The molecule has 2 N–H and O–H groups in total. The van der Waals surface area contributed by atoms with Gasteiger partial charge >= 0.3 is 11.7 Å². The summed E-state index contributed by atoms with van der Waals surface area (Å²) in [6.07, 6.45) is 0. The molecule has 0 aliphatic carbocycles. The van der Waals surface area contributed by atoms with Crippen LogP contribution in [0.2, 0.25) is 0 Å². The number of aromatic nitrogens is 4. The Hall–Kier alpha value is -3.16. The van der Waals surface area contributed by atoms with E-state index in [1.165, 1.54) is 18.2 Å². The summed E-state index contributed by atoms with van der Waals surface area (Å²) < 4.78 is 6.50. The maximum Gasteiger partial charge on any atom is 0.364 e. The van der Waals surface area contributed by atoms with Gasteiger partial charge in [0.2, 0.25) is 5.88 Å². The van der Waals surface area contributed by atoms with Crippen LogP contribution in [-0.4, -0.2) is 30.9 Å². The third-order valence-electron chi connectivity index (χ3n) is 2.83. The van der Waals surface area contributed by atoms with Gasteiger partial charge in [0.25, 0.3) is 0 Å². The van der Waals surface area contributed by atoms with E-state index in [0.717, 1.165) is 10.1 Å². The molecule has 0 saturated heterocycles. The van der Waals surface area contributed by atoms with Gasteiger partial charge in [-0.3, -0.25) is 0 Å². The Morgan fingerprint density at radius 2 is 2.14 bits per heavy atom. The Labute approximate surface area is 117 Å². The van der Waals surface area contributed by atoms with Crippen molar-refractivity contribution in [3.8, 4) is 11.6 Å². The number of hydrogen-bond acceptors (Lipinski definition) is 5. The number of carbonyl (C=O) groups is 1. The molecule has 8 heteroatoms. The second kappa shape index (κ2) is 4.75. The number of carboxylic acid groups (broad SMARTS) is 1. The predicted octanol–water partition coefficient (Wildman–Crippen LogP) is 1.22. The lowest BCUT2D eigenvalue weighted by molar-refractivity contribution is 0.0694. The predicted molar refractivity (Wildman–Crippen MR) is 71.8 cm³/mol. The summed E-state index contributed by atoms with van der Waals surface area (Å²) in [5, 5.41) is 19.1. The number of fused-ring (bicyclic) bond motifs is 1. The number of rotatable bonds is 3. The Morgan fingerprint density at radius 1 is 1.33 bits per heavy atom.